The number of aromatic nitrogens is 1. The molecule has 2 aromatic rings. The van der Waals surface area contributed by atoms with Gasteiger partial charge in [-0.25, -0.2) is 4.98 Å². The zero-order valence-corrected chi connectivity index (χ0v) is 16.8. The number of benzene rings is 1. The first-order chi connectivity index (χ1) is 14.0. The van der Waals surface area contributed by atoms with Crippen molar-refractivity contribution in [2.75, 3.05) is 5.32 Å². The van der Waals surface area contributed by atoms with Crippen LogP contribution in [0.2, 0.25) is 0 Å². The molecule has 30 heavy (non-hydrogen) atoms. The van der Waals surface area contributed by atoms with E-state index < -0.39 is 22.7 Å². The summed E-state index contributed by atoms with van der Waals surface area (Å²) in [5, 5.41) is 12.8. The molecule has 0 radical (unpaired) electrons. The van der Waals surface area contributed by atoms with Crippen LogP contribution in [-0.4, -0.2) is 10.8 Å². The zero-order chi connectivity index (χ0) is 21.9. The summed E-state index contributed by atoms with van der Waals surface area (Å²) in [6.07, 6.45) is -3.21. The fourth-order valence-electron chi connectivity index (χ4n) is 4.76. The number of hydrogen-bond donors (Lipinski definition) is 1. The number of nitrogens with zero attached hydrogens (tertiary/aromatic N) is 2. The first-order valence-corrected chi connectivity index (χ1v) is 9.59. The highest BCUT2D eigenvalue weighted by Crippen LogP contribution is 2.53. The van der Waals surface area contributed by atoms with Gasteiger partial charge in [0.2, 0.25) is 0 Å². The Morgan fingerprint density at radius 3 is 2.40 bits per heavy atom. The highest BCUT2D eigenvalue weighted by atomic mass is 19.4. The molecule has 0 amide bonds. The first kappa shape index (κ1) is 20.1. The van der Waals surface area contributed by atoms with Gasteiger partial charge < -0.3 is 5.32 Å². The van der Waals surface area contributed by atoms with E-state index in [0.29, 0.717) is 29.5 Å². The predicted molar refractivity (Wildman–Crippen MR) is 106 cm³/mol. The normalized spacial score (nSPS) is 22.6. The summed E-state index contributed by atoms with van der Waals surface area (Å²) in [5.74, 6) is 0.0576. The van der Waals surface area contributed by atoms with Crippen molar-refractivity contribution in [2.24, 2.45) is 5.41 Å². The van der Waals surface area contributed by atoms with Gasteiger partial charge in [-0.3, -0.25) is 4.79 Å². The minimum atomic E-state index is -4.74. The molecule has 2 aliphatic rings. The average Bonchev–Trinajstić information content (AvgIpc) is 2.65. The Balaban J connectivity index is 2.11. The first-order valence-electron chi connectivity index (χ1n) is 9.59. The molecule has 1 aromatic heterocycles. The van der Waals surface area contributed by atoms with E-state index in [-0.39, 0.29) is 29.0 Å². The number of allylic oxidation sites excluding steroid dienone is 2. The molecule has 0 saturated heterocycles. The molecule has 0 fully saturated rings. The molecule has 0 unspecified atom stereocenters. The maximum absolute atomic E-state index is 13.7. The van der Waals surface area contributed by atoms with E-state index in [9.17, 15) is 23.2 Å². The number of nitrogens with one attached hydrogen (secondary N) is 1. The van der Waals surface area contributed by atoms with Crippen molar-refractivity contribution in [2.45, 2.75) is 45.2 Å². The van der Waals surface area contributed by atoms with Gasteiger partial charge in [0.05, 0.1) is 16.5 Å². The second-order valence-corrected chi connectivity index (χ2v) is 8.79. The van der Waals surface area contributed by atoms with Crippen LogP contribution >= 0.6 is 0 Å². The van der Waals surface area contributed by atoms with Crippen molar-refractivity contribution in [1.29, 1.82) is 5.26 Å². The molecule has 0 spiro atoms. The Hall–Kier alpha value is -3.14. The third-order valence-corrected chi connectivity index (χ3v) is 5.99. The third-order valence-electron chi connectivity index (χ3n) is 5.99. The SMILES string of the molecule is CC1(C)CC(=O)C2=C(C1)Nc1ncc(C(F)(F)F)c(C#N)c1[C@@]2(C)c1ccccc1. The van der Waals surface area contributed by atoms with Gasteiger partial charge in [-0.15, -0.1) is 0 Å². The van der Waals surface area contributed by atoms with Crippen LogP contribution in [0, 0.1) is 16.7 Å². The number of rotatable bonds is 1. The number of alkyl halides is 3. The molecule has 1 N–H and O–H groups in total. The summed E-state index contributed by atoms with van der Waals surface area (Å²) in [6, 6.07) is 10.6. The average molecular weight is 411 g/mol. The van der Waals surface area contributed by atoms with E-state index in [1.165, 1.54) is 0 Å². The Morgan fingerprint density at radius 1 is 1.13 bits per heavy atom. The molecule has 0 saturated carbocycles. The predicted octanol–water partition coefficient (Wildman–Crippen LogP) is 5.35. The van der Waals surface area contributed by atoms with Crippen LogP contribution in [0.4, 0.5) is 19.0 Å². The van der Waals surface area contributed by atoms with Crippen LogP contribution in [-0.2, 0) is 16.4 Å². The van der Waals surface area contributed by atoms with Gasteiger partial charge >= 0.3 is 6.18 Å². The van der Waals surface area contributed by atoms with Crippen LogP contribution in [0.15, 0.2) is 47.8 Å². The summed E-state index contributed by atoms with van der Waals surface area (Å²) >= 11 is 0. The van der Waals surface area contributed by atoms with E-state index >= 15 is 0 Å². The molecular weight excluding hydrogens is 391 g/mol. The molecule has 154 valence electrons. The molecule has 1 aromatic carbocycles. The zero-order valence-electron chi connectivity index (χ0n) is 16.8. The van der Waals surface area contributed by atoms with Gasteiger partial charge in [0, 0.05) is 29.5 Å². The van der Waals surface area contributed by atoms with Crippen LogP contribution < -0.4 is 5.32 Å². The van der Waals surface area contributed by atoms with E-state index in [2.05, 4.69) is 10.3 Å². The molecule has 1 aliphatic heterocycles. The number of ketones is 1. The Bertz CT molecular complexity index is 1130. The van der Waals surface area contributed by atoms with Crippen LogP contribution in [0.1, 0.15) is 55.9 Å². The largest absolute Gasteiger partial charge is 0.419 e. The van der Waals surface area contributed by atoms with E-state index in [1.54, 1.807) is 43.3 Å². The Kier molecular flexibility index (Phi) is 4.32. The highest BCUT2D eigenvalue weighted by Gasteiger charge is 2.50. The summed E-state index contributed by atoms with van der Waals surface area (Å²) in [6.45, 7) is 5.68. The van der Waals surface area contributed by atoms with E-state index in [0.717, 1.165) is 0 Å². The molecular formula is C23H20F3N3O. The van der Waals surface area contributed by atoms with Crippen molar-refractivity contribution in [3.05, 3.63) is 70.1 Å². The lowest BCUT2D eigenvalue weighted by atomic mass is 9.61. The summed E-state index contributed by atoms with van der Waals surface area (Å²) < 4.78 is 41.0. The van der Waals surface area contributed by atoms with Crippen LogP contribution in [0.5, 0.6) is 0 Å². The number of pyridine rings is 1. The molecule has 1 aliphatic carbocycles. The van der Waals surface area contributed by atoms with Crippen LogP contribution in [0.3, 0.4) is 0 Å². The summed E-state index contributed by atoms with van der Waals surface area (Å²) in [4.78, 5) is 17.4. The lowest BCUT2D eigenvalue weighted by Gasteiger charge is -2.45. The molecule has 2 heterocycles. The molecule has 4 rings (SSSR count). The number of anilines is 1. The standard InChI is InChI=1S/C23H20F3N3O/c1-21(2)9-16-19(17(30)10-21)22(3,13-7-5-4-6-8-13)18-14(11-27)15(23(24,25)26)12-28-20(18)29-16/h4-8,12H,9-10H2,1-3H3,(H,28,29)/t22-/m1/s1. The van der Waals surface area contributed by atoms with Gasteiger partial charge in [0.25, 0.3) is 0 Å². The summed E-state index contributed by atoms with van der Waals surface area (Å²) in [5.41, 5.74) is -1.31. The number of halogens is 3. The fourth-order valence-corrected chi connectivity index (χ4v) is 4.76. The van der Waals surface area contributed by atoms with Crippen molar-refractivity contribution in [3.8, 4) is 6.07 Å². The number of fused-ring (bicyclic) bond motifs is 1. The minimum absolute atomic E-state index is 0.0952. The second kappa shape index (κ2) is 6.43. The van der Waals surface area contributed by atoms with Crippen molar-refractivity contribution in [1.82, 2.24) is 4.98 Å². The second-order valence-electron chi connectivity index (χ2n) is 8.79. The van der Waals surface area contributed by atoms with Crippen LogP contribution in [0.25, 0.3) is 0 Å². The number of hydrogen-bond acceptors (Lipinski definition) is 4. The monoisotopic (exact) mass is 411 g/mol. The maximum Gasteiger partial charge on any atom is 0.419 e. The number of nitriles is 1. The molecule has 0 bridgehead atoms. The number of Topliss-reactive ketones (excluding diaryl/α,β-unsaturated/α-hetero) is 1. The highest BCUT2D eigenvalue weighted by molar-refractivity contribution is 6.03. The maximum atomic E-state index is 13.7. The van der Waals surface area contributed by atoms with Gasteiger partial charge in [0.15, 0.2) is 5.78 Å². The fraction of sp³-hybridized carbons (Fsp3) is 0.348. The number of carbonyl (C=O) groups is 1. The van der Waals surface area contributed by atoms with Gasteiger partial charge in [-0.05, 0) is 24.3 Å². The summed E-state index contributed by atoms with van der Waals surface area (Å²) in [7, 11) is 0. The molecule has 4 nitrogen and oxygen atoms in total. The van der Waals surface area contributed by atoms with Gasteiger partial charge in [-0.1, -0.05) is 44.2 Å². The lowest BCUT2D eigenvalue weighted by molar-refractivity contribution is -0.138. The molecule has 1 atom stereocenters. The number of carbonyl (C=O) groups excluding carboxylic acids is 1. The Labute approximate surface area is 172 Å². The smallest absolute Gasteiger partial charge is 0.343 e. The van der Waals surface area contributed by atoms with E-state index in [1.807, 2.05) is 13.8 Å². The van der Waals surface area contributed by atoms with Gasteiger partial charge in [-0.2, -0.15) is 18.4 Å². The van der Waals surface area contributed by atoms with E-state index in [4.69, 9.17) is 0 Å². The van der Waals surface area contributed by atoms with Crippen molar-refractivity contribution in [3.63, 3.8) is 0 Å². The molecule has 7 heteroatoms. The van der Waals surface area contributed by atoms with Crippen molar-refractivity contribution >= 4 is 11.6 Å². The third kappa shape index (κ3) is 2.90. The van der Waals surface area contributed by atoms with Crippen molar-refractivity contribution < 1.29 is 18.0 Å². The van der Waals surface area contributed by atoms with Gasteiger partial charge in [0.1, 0.15) is 11.9 Å². The minimum Gasteiger partial charge on any atom is -0.343 e. The Morgan fingerprint density at radius 2 is 1.80 bits per heavy atom. The quantitative estimate of drug-likeness (QED) is 0.687. The lowest BCUT2D eigenvalue weighted by Crippen LogP contribution is -2.43. The topological polar surface area (TPSA) is 65.8 Å².